The number of carbonyl (C=O) groups is 1. The predicted molar refractivity (Wildman–Crippen MR) is 158 cm³/mol. The predicted octanol–water partition coefficient (Wildman–Crippen LogP) is 5.76. The molecule has 7 nitrogen and oxygen atoms in total. The smallest absolute Gasteiger partial charge is 0.249 e. The van der Waals surface area contributed by atoms with E-state index in [0.29, 0.717) is 29.3 Å². The summed E-state index contributed by atoms with van der Waals surface area (Å²) in [5.41, 5.74) is -0.868. The number of nitrogens with zero attached hydrogens (tertiary/aromatic N) is 3. The molecule has 1 aliphatic heterocycles. The number of nitrogens with one attached hydrogen (secondary N) is 1. The van der Waals surface area contributed by atoms with Crippen LogP contribution >= 0.6 is 23.2 Å². The molecule has 226 valence electrons. The topological polar surface area (TPSA) is 82.1 Å². The molecule has 1 amide bonds. The molecule has 2 aromatic carbocycles. The number of hydrogen-bond donors (Lipinski definition) is 1. The number of amides is 1. The van der Waals surface area contributed by atoms with Gasteiger partial charge in [0.2, 0.25) is 21.9 Å². The van der Waals surface area contributed by atoms with Crippen molar-refractivity contribution in [2.45, 2.75) is 80.4 Å². The highest BCUT2D eigenvalue weighted by atomic mass is 35.5. The van der Waals surface area contributed by atoms with Crippen molar-refractivity contribution in [3.63, 3.8) is 0 Å². The van der Waals surface area contributed by atoms with Gasteiger partial charge in [0, 0.05) is 43.9 Å². The minimum atomic E-state index is -3.85. The zero-order chi connectivity index (χ0) is 30.3. The van der Waals surface area contributed by atoms with E-state index in [2.05, 4.69) is 5.32 Å². The van der Waals surface area contributed by atoms with Crippen LogP contribution in [-0.4, -0.2) is 66.0 Å². The fraction of sp³-hybridized carbons (Fsp3) is 0.533. The number of sulfonamides is 1. The van der Waals surface area contributed by atoms with Crippen LogP contribution in [0.25, 0.3) is 0 Å². The highest BCUT2D eigenvalue weighted by molar-refractivity contribution is 7.89. The summed E-state index contributed by atoms with van der Waals surface area (Å²) >= 11 is 12.4. The zero-order valence-electron chi connectivity index (χ0n) is 23.7. The molecule has 2 bridgehead atoms. The number of hydrogen-bond acceptors (Lipinski definition) is 5. The maximum atomic E-state index is 14.0. The summed E-state index contributed by atoms with van der Waals surface area (Å²) in [6, 6.07) is 12.8. The summed E-state index contributed by atoms with van der Waals surface area (Å²) in [5.74, 6) is -2.31. The SMILES string of the molecule is CN(CC1CC(F)(F)C1)C(=O)[C@@H]1N=C(C23CC(N(Cc4ccc(Cl)c(Cl)c4)S(=O)(=O)c4ccccc4)(C2)C3)NC1(C)C. The van der Waals surface area contributed by atoms with Crippen LogP contribution < -0.4 is 5.32 Å². The molecule has 2 aromatic rings. The van der Waals surface area contributed by atoms with Crippen LogP contribution in [0.2, 0.25) is 10.0 Å². The first-order chi connectivity index (χ1) is 19.6. The van der Waals surface area contributed by atoms with E-state index < -0.39 is 33.1 Å². The van der Waals surface area contributed by atoms with Gasteiger partial charge in [0.15, 0.2) is 6.04 Å². The van der Waals surface area contributed by atoms with Crippen LogP contribution in [0.1, 0.15) is 51.5 Å². The molecule has 12 heteroatoms. The average molecular weight is 640 g/mol. The lowest BCUT2D eigenvalue weighted by Crippen LogP contribution is -2.78. The zero-order valence-corrected chi connectivity index (χ0v) is 26.0. The number of alkyl halides is 2. The Morgan fingerprint density at radius 2 is 1.69 bits per heavy atom. The average Bonchev–Trinajstić information content (AvgIpc) is 3.17. The Kier molecular flexibility index (Phi) is 7.00. The second-order valence-electron chi connectivity index (χ2n) is 13.2. The normalized spacial score (nSPS) is 29.1. The van der Waals surface area contributed by atoms with Crippen molar-refractivity contribution in [1.29, 1.82) is 0 Å². The molecule has 5 aliphatic rings. The monoisotopic (exact) mass is 638 g/mol. The molecule has 0 unspecified atom stereocenters. The Morgan fingerprint density at radius 1 is 1.05 bits per heavy atom. The second-order valence-corrected chi connectivity index (χ2v) is 15.9. The van der Waals surface area contributed by atoms with Gasteiger partial charge in [-0.05, 0) is 68.9 Å². The van der Waals surface area contributed by atoms with Crippen LogP contribution in [0.3, 0.4) is 0 Å². The summed E-state index contributed by atoms with van der Waals surface area (Å²) in [5, 5.41) is 4.22. The van der Waals surface area contributed by atoms with Gasteiger partial charge in [0.25, 0.3) is 0 Å². The van der Waals surface area contributed by atoms with Gasteiger partial charge in [-0.25, -0.2) is 17.2 Å². The van der Waals surface area contributed by atoms with E-state index in [1.807, 2.05) is 13.8 Å². The number of carbonyl (C=O) groups excluding carboxylic acids is 1. The lowest BCUT2D eigenvalue weighted by atomic mass is 9.38. The third kappa shape index (κ3) is 4.92. The third-order valence-electron chi connectivity index (χ3n) is 9.37. The lowest BCUT2D eigenvalue weighted by molar-refractivity contribution is -0.151. The number of benzene rings is 2. The molecule has 0 saturated heterocycles. The molecule has 1 heterocycles. The van der Waals surface area contributed by atoms with Gasteiger partial charge in [-0.15, -0.1) is 0 Å². The van der Waals surface area contributed by atoms with Gasteiger partial charge in [0.05, 0.1) is 20.5 Å². The molecule has 4 fully saturated rings. The number of likely N-dealkylation sites (N-methyl/N-ethyl adjacent to an activating group) is 1. The third-order valence-corrected chi connectivity index (χ3v) is 12.1. The van der Waals surface area contributed by atoms with Crippen molar-refractivity contribution in [3.05, 3.63) is 64.1 Å². The van der Waals surface area contributed by atoms with E-state index in [1.54, 1.807) is 59.9 Å². The molecule has 1 N–H and O–H groups in total. The quantitative estimate of drug-likeness (QED) is 0.379. The van der Waals surface area contributed by atoms with Crippen molar-refractivity contribution in [2.24, 2.45) is 16.3 Å². The second kappa shape index (κ2) is 9.87. The Hall–Kier alpha value is -2.27. The van der Waals surface area contributed by atoms with Gasteiger partial charge in [-0.2, -0.15) is 4.31 Å². The first-order valence-corrected chi connectivity index (χ1v) is 16.3. The lowest BCUT2D eigenvalue weighted by Gasteiger charge is -2.73. The van der Waals surface area contributed by atoms with E-state index in [-0.39, 0.29) is 48.1 Å². The van der Waals surface area contributed by atoms with Crippen LogP contribution in [-0.2, 0) is 21.4 Å². The number of rotatable bonds is 9. The molecule has 1 atom stereocenters. The van der Waals surface area contributed by atoms with Crippen molar-refractivity contribution < 1.29 is 22.0 Å². The van der Waals surface area contributed by atoms with Crippen molar-refractivity contribution >= 4 is 45.0 Å². The first-order valence-electron chi connectivity index (χ1n) is 14.1. The van der Waals surface area contributed by atoms with E-state index in [1.165, 1.54) is 4.90 Å². The van der Waals surface area contributed by atoms with Gasteiger partial charge in [0.1, 0.15) is 5.84 Å². The van der Waals surface area contributed by atoms with Crippen LogP contribution in [0, 0.1) is 11.3 Å². The highest BCUT2D eigenvalue weighted by Crippen LogP contribution is 2.71. The Balaban J connectivity index is 1.21. The minimum Gasteiger partial charge on any atom is -0.366 e. The minimum absolute atomic E-state index is 0.141. The Labute approximate surface area is 255 Å². The molecule has 4 aliphatic carbocycles. The van der Waals surface area contributed by atoms with E-state index in [0.717, 1.165) is 11.4 Å². The molecule has 7 rings (SSSR count). The van der Waals surface area contributed by atoms with E-state index >= 15 is 0 Å². The molecule has 42 heavy (non-hydrogen) atoms. The Morgan fingerprint density at radius 3 is 2.29 bits per heavy atom. The molecular formula is C30H34Cl2F2N4O3S. The summed E-state index contributed by atoms with van der Waals surface area (Å²) in [6.07, 6.45) is 1.33. The first kappa shape index (κ1) is 29.8. The summed E-state index contributed by atoms with van der Waals surface area (Å²) in [6.45, 7) is 4.24. The van der Waals surface area contributed by atoms with Crippen LogP contribution in [0.5, 0.6) is 0 Å². The maximum absolute atomic E-state index is 14.0. The van der Waals surface area contributed by atoms with E-state index in [9.17, 15) is 22.0 Å². The summed E-state index contributed by atoms with van der Waals surface area (Å²) < 4.78 is 56.2. The highest BCUT2D eigenvalue weighted by Gasteiger charge is 2.75. The molecule has 0 aromatic heterocycles. The summed E-state index contributed by atoms with van der Waals surface area (Å²) in [4.78, 5) is 20.0. The molecule has 0 spiro atoms. The molecule has 0 radical (unpaired) electrons. The van der Waals surface area contributed by atoms with Gasteiger partial charge in [-0.1, -0.05) is 47.5 Å². The van der Waals surface area contributed by atoms with Gasteiger partial charge < -0.3 is 10.2 Å². The fourth-order valence-electron chi connectivity index (χ4n) is 7.21. The summed E-state index contributed by atoms with van der Waals surface area (Å²) in [7, 11) is -2.20. The van der Waals surface area contributed by atoms with Crippen molar-refractivity contribution in [1.82, 2.24) is 14.5 Å². The number of halogens is 4. The van der Waals surface area contributed by atoms with Crippen LogP contribution in [0.4, 0.5) is 8.78 Å². The van der Waals surface area contributed by atoms with Crippen molar-refractivity contribution in [2.75, 3.05) is 13.6 Å². The number of aliphatic imine (C=N–C) groups is 1. The maximum Gasteiger partial charge on any atom is 0.249 e. The van der Waals surface area contributed by atoms with Gasteiger partial charge >= 0.3 is 0 Å². The fourth-order valence-corrected chi connectivity index (χ4v) is 9.31. The molecule has 4 saturated carbocycles. The van der Waals surface area contributed by atoms with Crippen molar-refractivity contribution in [3.8, 4) is 0 Å². The largest absolute Gasteiger partial charge is 0.366 e. The van der Waals surface area contributed by atoms with Crippen LogP contribution in [0.15, 0.2) is 58.4 Å². The Bertz CT molecular complexity index is 1540. The number of amidine groups is 1. The van der Waals surface area contributed by atoms with Gasteiger partial charge in [-0.3, -0.25) is 9.79 Å². The van der Waals surface area contributed by atoms with E-state index in [4.69, 9.17) is 28.2 Å². The molecular weight excluding hydrogens is 605 g/mol. The standard InChI is InChI=1S/C30H34Cl2F2N4O3S/c1-27(2)24(25(39)37(3)14-20-12-30(33,34)13-20)35-26(36-27)28-16-29(17-28,18-28)38(15-19-9-10-22(31)23(32)11-19)42(40,41)21-7-5-4-6-8-21/h4-11,20,24H,12-18H2,1-3H3,(H,35,36)/t24-,28?,29?/m0/s1.